The fourth-order valence-corrected chi connectivity index (χ4v) is 2.03. The van der Waals surface area contributed by atoms with E-state index in [1.807, 2.05) is 12.1 Å². The van der Waals surface area contributed by atoms with Crippen molar-refractivity contribution in [2.45, 2.75) is 19.3 Å². The minimum absolute atomic E-state index is 0.335. The Labute approximate surface area is 96.5 Å². The largest absolute Gasteiger partial charge is 0.497 e. The van der Waals surface area contributed by atoms with Crippen LogP contribution in [0.3, 0.4) is 0 Å². The lowest BCUT2D eigenvalue weighted by Gasteiger charge is -2.15. The third kappa shape index (κ3) is 2.14. The molecule has 0 aliphatic heterocycles. The second kappa shape index (κ2) is 4.34. The molecule has 1 aromatic carbocycles. The summed E-state index contributed by atoms with van der Waals surface area (Å²) in [7, 11) is 3.36. The lowest BCUT2D eigenvalue weighted by atomic mass is 9.96. The quantitative estimate of drug-likeness (QED) is 0.827. The van der Waals surface area contributed by atoms with Crippen LogP contribution in [0.4, 0.5) is 0 Å². The molecule has 1 fully saturated rings. The molecule has 0 aromatic heterocycles. The molecular weight excluding hydrogens is 202 g/mol. The van der Waals surface area contributed by atoms with E-state index in [-0.39, 0.29) is 0 Å². The van der Waals surface area contributed by atoms with Gasteiger partial charge in [-0.25, -0.2) is 0 Å². The van der Waals surface area contributed by atoms with E-state index in [1.165, 1.54) is 18.4 Å². The van der Waals surface area contributed by atoms with Crippen LogP contribution in [0.25, 0.3) is 0 Å². The average molecular weight is 221 g/mol. The van der Waals surface area contributed by atoms with Crippen molar-refractivity contribution in [3.05, 3.63) is 23.8 Å². The van der Waals surface area contributed by atoms with E-state index in [0.29, 0.717) is 5.41 Å². The van der Waals surface area contributed by atoms with Crippen LogP contribution in [-0.2, 0) is 6.42 Å². The van der Waals surface area contributed by atoms with E-state index in [2.05, 4.69) is 6.07 Å². The maximum absolute atomic E-state index is 5.80. The molecule has 0 saturated heterocycles. The van der Waals surface area contributed by atoms with Gasteiger partial charge in [-0.3, -0.25) is 0 Å². The Hall–Kier alpha value is -1.22. The first kappa shape index (κ1) is 11.3. The van der Waals surface area contributed by atoms with Gasteiger partial charge in [-0.05, 0) is 42.9 Å². The van der Waals surface area contributed by atoms with Crippen LogP contribution in [0, 0.1) is 5.41 Å². The zero-order valence-corrected chi connectivity index (χ0v) is 9.95. The molecule has 1 aromatic rings. The van der Waals surface area contributed by atoms with E-state index in [9.17, 15) is 0 Å². The van der Waals surface area contributed by atoms with Crippen LogP contribution in [0.15, 0.2) is 18.2 Å². The third-order valence-electron chi connectivity index (χ3n) is 3.45. The standard InChI is InChI=1S/C13H19NO2/c1-15-11-4-3-10(12(7-11)16-2)8-13(9-14)5-6-13/h3-4,7H,5-6,8-9,14H2,1-2H3. The highest BCUT2D eigenvalue weighted by Gasteiger charge is 2.41. The highest BCUT2D eigenvalue weighted by atomic mass is 16.5. The van der Waals surface area contributed by atoms with Gasteiger partial charge >= 0.3 is 0 Å². The van der Waals surface area contributed by atoms with Crippen molar-refractivity contribution in [3.63, 3.8) is 0 Å². The van der Waals surface area contributed by atoms with Gasteiger partial charge in [0, 0.05) is 6.07 Å². The highest BCUT2D eigenvalue weighted by molar-refractivity contribution is 5.41. The topological polar surface area (TPSA) is 44.5 Å². The van der Waals surface area contributed by atoms with Crippen LogP contribution < -0.4 is 15.2 Å². The van der Waals surface area contributed by atoms with Gasteiger partial charge in [-0.1, -0.05) is 6.07 Å². The molecule has 0 radical (unpaired) electrons. The van der Waals surface area contributed by atoms with E-state index >= 15 is 0 Å². The zero-order chi connectivity index (χ0) is 11.6. The van der Waals surface area contributed by atoms with Crippen LogP contribution >= 0.6 is 0 Å². The summed E-state index contributed by atoms with van der Waals surface area (Å²) in [6, 6.07) is 5.99. The summed E-state index contributed by atoms with van der Waals surface area (Å²) >= 11 is 0. The predicted molar refractivity (Wildman–Crippen MR) is 64.0 cm³/mol. The molecule has 1 aliphatic rings. The first-order valence-corrected chi connectivity index (χ1v) is 5.64. The Morgan fingerprint density at radius 3 is 2.50 bits per heavy atom. The van der Waals surface area contributed by atoms with Gasteiger partial charge in [0.15, 0.2) is 0 Å². The molecule has 0 bridgehead atoms. The van der Waals surface area contributed by atoms with Crippen LogP contribution in [-0.4, -0.2) is 20.8 Å². The number of benzene rings is 1. The van der Waals surface area contributed by atoms with E-state index in [4.69, 9.17) is 15.2 Å². The number of ether oxygens (including phenoxy) is 2. The number of rotatable bonds is 5. The molecule has 2 N–H and O–H groups in total. The number of methoxy groups -OCH3 is 2. The lowest BCUT2D eigenvalue weighted by molar-refractivity contribution is 0.386. The van der Waals surface area contributed by atoms with Gasteiger partial charge < -0.3 is 15.2 Å². The van der Waals surface area contributed by atoms with E-state index in [0.717, 1.165) is 24.5 Å². The van der Waals surface area contributed by atoms with Crippen LogP contribution in [0.5, 0.6) is 11.5 Å². The summed E-state index contributed by atoms with van der Waals surface area (Å²) in [5.74, 6) is 1.73. The SMILES string of the molecule is COc1ccc(CC2(CN)CC2)c(OC)c1. The monoisotopic (exact) mass is 221 g/mol. The first-order valence-electron chi connectivity index (χ1n) is 5.64. The van der Waals surface area contributed by atoms with E-state index < -0.39 is 0 Å². The maximum atomic E-state index is 5.80. The van der Waals surface area contributed by atoms with Crippen molar-refractivity contribution in [1.29, 1.82) is 0 Å². The molecule has 0 heterocycles. The molecule has 2 rings (SSSR count). The summed E-state index contributed by atoms with van der Waals surface area (Å²) in [6.45, 7) is 0.766. The van der Waals surface area contributed by atoms with Crippen molar-refractivity contribution in [2.24, 2.45) is 11.1 Å². The molecule has 88 valence electrons. The van der Waals surface area contributed by atoms with Crippen molar-refractivity contribution in [3.8, 4) is 11.5 Å². The lowest BCUT2D eigenvalue weighted by Crippen LogP contribution is -2.18. The van der Waals surface area contributed by atoms with Gasteiger partial charge in [0.05, 0.1) is 14.2 Å². The molecular formula is C13H19NO2. The smallest absolute Gasteiger partial charge is 0.125 e. The number of nitrogens with two attached hydrogens (primary N) is 1. The normalized spacial score (nSPS) is 16.9. The second-order valence-corrected chi connectivity index (χ2v) is 4.56. The summed E-state index contributed by atoms with van der Waals surface area (Å²) < 4.78 is 10.6. The molecule has 3 nitrogen and oxygen atoms in total. The van der Waals surface area contributed by atoms with Crippen molar-refractivity contribution < 1.29 is 9.47 Å². The van der Waals surface area contributed by atoms with Crippen molar-refractivity contribution in [1.82, 2.24) is 0 Å². The zero-order valence-electron chi connectivity index (χ0n) is 9.95. The van der Waals surface area contributed by atoms with Gasteiger partial charge in [-0.2, -0.15) is 0 Å². The molecule has 1 aliphatic carbocycles. The maximum Gasteiger partial charge on any atom is 0.125 e. The van der Waals surface area contributed by atoms with Crippen molar-refractivity contribution >= 4 is 0 Å². The molecule has 16 heavy (non-hydrogen) atoms. The molecule has 0 atom stereocenters. The molecule has 0 amide bonds. The molecule has 0 unspecified atom stereocenters. The summed E-state index contributed by atoms with van der Waals surface area (Å²) in [6.07, 6.45) is 3.48. The van der Waals surface area contributed by atoms with Crippen molar-refractivity contribution in [2.75, 3.05) is 20.8 Å². The first-order chi connectivity index (χ1) is 7.73. The predicted octanol–water partition coefficient (Wildman–Crippen LogP) is 1.99. The Morgan fingerprint density at radius 2 is 2.00 bits per heavy atom. The average Bonchev–Trinajstić information content (AvgIpc) is 3.10. The Balaban J connectivity index is 2.20. The minimum Gasteiger partial charge on any atom is -0.497 e. The van der Waals surface area contributed by atoms with Gasteiger partial charge in [0.25, 0.3) is 0 Å². The molecule has 0 spiro atoms. The summed E-state index contributed by atoms with van der Waals surface area (Å²) in [4.78, 5) is 0. The fourth-order valence-electron chi connectivity index (χ4n) is 2.03. The molecule has 3 heteroatoms. The summed E-state index contributed by atoms with van der Waals surface area (Å²) in [5.41, 5.74) is 7.36. The number of hydrogen-bond donors (Lipinski definition) is 1. The van der Waals surface area contributed by atoms with E-state index in [1.54, 1.807) is 14.2 Å². The van der Waals surface area contributed by atoms with Crippen LogP contribution in [0.2, 0.25) is 0 Å². The van der Waals surface area contributed by atoms with Gasteiger partial charge in [0.2, 0.25) is 0 Å². The fraction of sp³-hybridized carbons (Fsp3) is 0.538. The van der Waals surface area contributed by atoms with Gasteiger partial charge in [0.1, 0.15) is 11.5 Å². The second-order valence-electron chi connectivity index (χ2n) is 4.56. The Morgan fingerprint density at radius 1 is 1.25 bits per heavy atom. The van der Waals surface area contributed by atoms with Gasteiger partial charge in [-0.15, -0.1) is 0 Å². The Kier molecular flexibility index (Phi) is 3.06. The summed E-state index contributed by atoms with van der Waals surface area (Å²) in [5, 5.41) is 0. The minimum atomic E-state index is 0.335. The molecule has 1 saturated carbocycles. The Bertz CT molecular complexity index is 372. The third-order valence-corrected chi connectivity index (χ3v) is 3.45. The van der Waals surface area contributed by atoms with Crippen LogP contribution in [0.1, 0.15) is 18.4 Å². The number of hydrogen-bond acceptors (Lipinski definition) is 3. The highest BCUT2D eigenvalue weighted by Crippen LogP contribution is 2.48.